The van der Waals surface area contributed by atoms with Crippen molar-refractivity contribution >= 4 is 11.8 Å². The lowest BCUT2D eigenvalue weighted by Gasteiger charge is -2.25. The fourth-order valence-electron chi connectivity index (χ4n) is 3.94. The van der Waals surface area contributed by atoms with E-state index < -0.39 is 6.10 Å². The van der Waals surface area contributed by atoms with Crippen LogP contribution in [-0.2, 0) is 4.79 Å². The van der Waals surface area contributed by atoms with Crippen molar-refractivity contribution in [2.24, 2.45) is 0 Å². The van der Waals surface area contributed by atoms with Gasteiger partial charge in [0.15, 0.2) is 17.6 Å². The molecule has 0 aliphatic carbocycles. The van der Waals surface area contributed by atoms with Crippen molar-refractivity contribution < 1.29 is 23.8 Å². The van der Waals surface area contributed by atoms with Crippen LogP contribution in [0.3, 0.4) is 0 Å². The van der Waals surface area contributed by atoms with Gasteiger partial charge in [-0.15, -0.1) is 0 Å². The number of carbonyl (C=O) groups excluding carboxylic acids is 2. The molecule has 0 N–H and O–H groups in total. The van der Waals surface area contributed by atoms with Crippen LogP contribution in [0.1, 0.15) is 49.0 Å². The van der Waals surface area contributed by atoms with E-state index in [1.54, 1.807) is 49.1 Å². The van der Waals surface area contributed by atoms with Crippen LogP contribution in [0.25, 0.3) is 0 Å². The van der Waals surface area contributed by atoms with E-state index in [0.717, 1.165) is 0 Å². The second-order valence-corrected chi connectivity index (χ2v) is 8.52. The predicted molar refractivity (Wildman–Crippen MR) is 127 cm³/mol. The van der Waals surface area contributed by atoms with Crippen molar-refractivity contribution in [1.29, 1.82) is 0 Å². The minimum Gasteiger partial charge on any atom is -0.493 e. The average Bonchev–Trinajstić information content (AvgIpc) is 3.09. The van der Waals surface area contributed by atoms with Crippen molar-refractivity contribution in [3.63, 3.8) is 0 Å². The second-order valence-electron chi connectivity index (χ2n) is 8.52. The smallest absolute Gasteiger partial charge is 0.263 e. The summed E-state index contributed by atoms with van der Waals surface area (Å²) in [6.45, 7) is 8.17. The number of rotatable bonds is 7. The Morgan fingerprint density at radius 2 is 1.45 bits per heavy atom. The molecule has 1 saturated heterocycles. The number of hydrogen-bond acceptors (Lipinski definition) is 5. The SMILES string of the molecule is COc1ccc(C(=O)N2CCCN(C(=O)C(C)Oc3ccc(C(C)C)cc3)CC2)cc1OC. The Kier molecular flexibility index (Phi) is 8.20. The molecule has 7 heteroatoms. The first-order valence-electron chi connectivity index (χ1n) is 11.4. The van der Waals surface area contributed by atoms with Crippen molar-refractivity contribution in [3.8, 4) is 17.2 Å². The van der Waals surface area contributed by atoms with Crippen molar-refractivity contribution in [1.82, 2.24) is 9.80 Å². The molecule has 0 spiro atoms. The maximum absolute atomic E-state index is 13.0. The summed E-state index contributed by atoms with van der Waals surface area (Å²) in [5.74, 6) is 2.07. The fraction of sp³-hybridized carbons (Fsp3) is 0.462. The molecule has 1 aliphatic rings. The van der Waals surface area contributed by atoms with E-state index in [9.17, 15) is 9.59 Å². The third-order valence-electron chi connectivity index (χ3n) is 5.93. The van der Waals surface area contributed by atoms with Gasteiger partial charge in [0.05, 0.1) is 14.2 Å². The highest BCUT2D eigenvalue weighted by Crippen LogP contribution is 2.28. The minimum absolute atomic E-state index is 0.0663. The Labute approximate surface area is 196 Å². The van der Waals surface area contributed by atoms with Gasteiger partial charge in [-0.05, 0) is 55.2 Å². The highest BCUT2D eigenvalue weighted by Gasteiger charge is 2.27. The summed E-state index contributed by atoms with van der Waals surface area (Å²) in [4.78, 5) is 29.6. The summed E-state index contributed by atoms with van der Waals surface area (Å²) in [5, 5.41) is 0. The van der Waals surface area contributed by atoms with Crippen LogP contribution in [0.4, 0.5) is 0 Å². The second kappa shape index (κ2) is 11.1. The van der Waals surface area contributed by atoms with Gasteiger partial charge in [-0.1, -0.05) is 26.0 Å². The summed E-state index contributed by atoms with van der Waals surface area (Å²) in [7, 11) is 3.11. The zero-order chi connectivity index (χ0) is 24.0. The zero-order valence-corrected chi connectivity index (χ0v) is 20.2. The molecular formula is C26H34N2O5. The first-order valence-corrected chi connectivity index (χ1v) is 11.4. The molecule has 1 heterocycles. The van der Waals surface area contributed by atoms with Crippen LogP contribution < -0.4 is 14.2 Å². The van der Waals surface area contributed by atoms with Crippen LogP contribution in [0, 0.1) is 0 Å². The van der Waals surface area contributed by atoms with Crippen molar-refractivity contribution in [2.45, 2.75) is 39.2 Å². The number of benzene rings is 2. The van der Waals surface area contributed by atoms with Gasteiger partial charge in [0, 0.05) is 31.7 Å². The third-order valence-corrected chi connectivity index (χ3v) is 5.93. The molecule has 2 aromatic rings. The summed E-state index contributed by atoms with van der Waals surface area (Å²) in [6, 6.07) is 13.0. The molecule has 0 aromatic heterocycles. The van der Waals surface area contributed by atoms with Gasteiger partial charge in [0.1, 0.15) is 5.75 Å². The van der Waals surface area contributed by atoms with Gasteiger partial charge in [-0.25, -0.2) is 0 Å². The predicted octanol–water partition coefficient (Wildman–Crippen LogP) is 3.97. The summed E-state index contributed by atoms with van der Waals surface area (Å²) >= 11 is 0. The van der Waals surface area contributed by atoms with E-state index >= 15 is 0 Å². The summed E-state index contributed by atoms with van der Waals surface area (Å²) in [5.41, 5.74) is 1.77. The monoisotopic (exact) mass is 454 g/mol. The molecule has 2 amide bonds. The lowest BCUT2D eigenvalue weighted by molar-refractivity contribution is -0.137. The number of ether oxygens (including phenoxy) is 3. The average molecular weight is 455 g/mol. The molecule has 1 aliphatic heterocycles. The summed E-state index contributed by atoms with van der Waals surface area (Å²) < 4.78 is 16.5. The Morgan fingerprint density at radius 1 is 0.818 bits per heavy atom. The quantitative estimate of drug-likeness (QED) is 0.633. The molecule has 1 fully saturated rings. The molecule has 0 radical (unpaired) electrons. The number of carbonyl (C=O) groups is 2. The molecule has 0 saturated carbocycles. The van der Waals surface area contributed by atoms with Crippen LogP contribution in [0.5, 0.6) is 17.2 Å². The molecule has 178 valence electrons. The summed E-state index contributed by atoms with van der Waals surface area (Å²) in [6.07, 6.45) is 0.114. The fourth-order valence-corrected chi connectivity index (χ4v) is 3.94. The van der Waals surface area contributed by atoms with E-state index in [1.165, 1.54) is 5.56 Å². The van der Waals surface area contributed by atoms with Gasteiger partial charge in [0.2, 0.25) is 0 Å². The molecule has 0 bridgehead atoms. The molecule has 1 unspecified atom stereocenters. The highest BCUT2D eigenvalue weighted by molar-refractivity contribution is 5.95. The standard InChI is InChI=1S/C26H34N2O5/c1-18(2)20-7-10-22(11-8-20)33-19(3)25(29)27-13-6-14-28(16-15-27)26(30)21-9-12-23(31-4)24(17-21)32-5/h7-12,17-19H,6,13-16H2,1-5H3. The topological polar surface area (TPSA) is 68.3 Å². The first-order chi connectivity index (χ1) is 15.8. The largest absolute Gasteiger partial charge is 0.493 e. The van der Waals surface area contributed by atoms with Gasteiger partial charge in [-0.2, -0.15) is 0 Å². The van der Waals surface area contributed by atoms with Crippen LogP contribution in [0.2, 0.25) is 0 Å². The highest BCUT2D eigenvalue weighted by atomic mass is 16.5. The van der Waals surface area contributed by atoms with Gasteiger partial charge < -0.3 is 24.0 Å². The van der Waals surface area contributed by atoms with Crippen LogP contribution >= 0.6 is 0 Å². The number of methoxy groups -OCH3 is 2. The number of amides is 2. The van der Waals surface area contributed by atoms with Gasteiger partial charge in [0.25, 0.3) is 11.8 Å². The third kappa shape index (κ3) is 5.97. The Hall–Kier alpha value is -3.22. The lowest BCUT2D eigenvalue weighted by atomic mass is 10.0. The normalized spacial score (nSPS) is 15.1. The van der Waals surface area contributed by atoms with E-state index in [1.807, 2.05) is 24.3 Å². The number of hydrogen-bond donors (Lipinski definition) is 0. The van der Waals surface area contributed by atoms with E-state index in [0.29, 0.717) is 61.3 Å². The maximum atomic E-state index is 13.0. The maximum Gasteiger partial charge on any atom is 0.263 e. The van der Waals surface area contributed by atoms with Crippen molar-refractivity contribution in [3.05, 3.63) is 53.6 Å². The molecule has 3 rings (SSSR count). The van der Waals surface area contributed by atoms with Crippen molar-refractivity contribution in [2.75, 3.05) is 40.4 Å². The van der Waals surface area contributed by atoms with Gasteiger partial charge in [-0.3, -0.25) is 9.59 Å². The van der Waals surface area contributed by atoms with E-state index in [4.69, 9.17) is 14.2 Å². The first kappa shape index (κ1) is 24.4. The van der Waals surface area contributed by atoms with Gasteiger partial charge >= 0.3 is 0 Å². The Bertz CT molecular complexity index is 958. The number of nitrogens with zero attached hydrogens (tertiary/aromatic N) is 2. The Balaban J connectivity index is 1.59. The molecular weight excluding hydrogens is 420 g/mol. The molecule has 1 atom stereocenters. The van der Waals surface area contributed by atoms with E-state index in [2.05, 4.69) is 13.8 Å². The van der Waals surface area contributed by atoms with E-state index in [-0.39, 0.29) is 11.8 Å². The molecule has 33 heavy (non-hydrogen) atoms. The van der Waals surface area contributed by atoms with Crippen LogP contribution in [-0.4, -0.2) is 68.1 Å². The lowest BCUT2D eigenvalue weighted by Crippen LogP contribution is -2.43. The molecule has 2 aromatic carbocycles. The minimum atomic E-state index is -0.594. The Morgan fingerprint density at radius 3 is 2.09 bits per heavy atom. The molecule has 7 nitrogen and oxygen atoms in total. The van der Waals surface area contributed by atoms with Crippen LogP contribution in [0.15, 0.2) is 42.5 Å². The zero-order valence-electron chi connectivity index (χ0n) is 20.2.